The van der Waals surface area contributed by atoms with Crippen LogP contribution in [-0.2, 0) is 0 Å². The average molecular weight is 157 g/mol. The normalized spacial score (nSPS) is 9.67. The molecule has 0 atom stereocenters. The molecule has 12 heavy (non-hydrogen) atoms. The molecule has 4 nitrogen and oxygen atoms in total. The Bertz CT molecular complexity index is 308. The highest BCUT2D eigenvalue weighted by Crippen LogP contribution is 2.08. The van der Waals surface area contributed by atoms with Crippen LogP contribution in [0.1, 0.15) is 0 Å². The van der Waals surface area contributed by atoms with Crippen LogP contribution in [0, 0.1) is 6.20 Å². The second kappa shape index (κ2) is 3.04. The predicted octanol–water partition coefficient (Wildman–Crippen LogP) is 0.734. The molecule has 0 saturated carbocycles. The van der Waals surface area contributed by atoms with Gasteiger partial charge in [-0.2, -0.15) is 5.10 Å². The van der Waals surface area contributed by atoms with Crippen LogP contribution >= 0.6 is 0 Å². The lowest BCUT2D eigenvalue weighted by atomic mass is 10.3. The molecule has 57 valence electrons. The summed E-state index contributed by atoms with van der Waals surface area (Å²) < 4.78 is 0. The van der Waals surface area contributed by atoms with E-state index in [0.29, 0.717) is 5.82 Å². The summed E-state index contributed by atoms with van der Waals surface area (Å²) in [4.78, 5) is 8.08. The maximum Gasteiger partial charge on any atom is 0.161 e. The Morgan fingerprint density at radius 3 is 2.58 bits per heavy atom. The molecule has 0 aliphatic carbocycles. The van der Waals surface area contributed by atoms with Crippen LogP contribution in [0.2, 0.25) is 0 Å². The van der Waals surface area contributed by atoms with Gasteiger partial charge in [-0.25, -0.2) is 9.97 Å². The summed E-state index contributed by atoms with van der Waals surface area (Å²) in [5.74, 6) is 0.618. The van der Waals surface area contributed by atoms with E-state index in [1.54, 1.807) is 30.7 Å². The maximum atomic E-state index is 4.04. The monoisotopic (exact) mass is 157 g/mol. The minimum atomic E-state index is 0.618. The molecule has 0 aliphatic heterocycles. The Morgan fingerprint density at radius 1 is 1.08 bits per heavy atom. The van der Waals surface area contributed by atoms with Crippen molar-refractivity contribution in [3.8, 4) is 11.4 Å². The van der Waals surface area contributed by atoms with E-state index in [0.717, 1.165) is 5.56 Å². The number of aromatic nitrogens is 4. The maximum absolute atomic E-state index is 4.04. The van der Waals surface area contributed by atoms with E-state index < -0.39 is 0 Å². The summed E-state index contributed by atoms with van der Waals surface area (Å²) in [7, 11) is 0. The molecule has 4 heteroatoms. The molecular formula is C8H5N4. The highest BCUT2D eigenvalue weighted by Gasteiger charge is 1.97. The predicted molar refractivity (Wildman–Crippen MR) is 41.9 cm³/mol. The molecule has 0 aliphatic rings. The second-order valence-corrected chi connectivity index (χ2v) is 2.13. The van der Waals surface area contributed by atoms with Gasteiger partial charge >= 0.3 is 0 Å². The molecule has 0 fully saturated rings. The molecule has 2 aromatic rings. The fourth-order valence-electron chi connectivity index (χ4n) is 0.824. The van der Waals surface area contributed by atoms with E-state index in [-0.39, 0.29) is 0 Å². The summed E-state index contributed by atoms with van der Waals surface area (Å²) in [6.07, 6.45) is 7.64. The first kappa shape index (κ1) is 6.84. The van der Waals surface area contributed by atoms with Crippen molar-refractivity contribution in [1.29, 1.82) is 0 Å². The summed E-state index contributed by atoms with van der Waals surface area (Å²) in [6, 6.07) is 3.53. The van der Waals surface area contributed by atoms with E-state index >= 15 is 0 Å². The summed E-state index contributed by atoms with van der Waals surface area (Å²) in [5, 5.41) is 7.22. The smallest absolute Gasteiger partial charge is 0.161 e. The van der Waals surface area contributed by atoms with Gasteiger partial charge in [0.05, 0.1) is 11.8 Å². The molecular weight excluding hydrogens is 152 g/mol. The van der Waals surface area contributed by atoms with Gasteiger partial charge in [0.2, 0.25) is 0 Å². The third-order valence-electron chi connectivity index (χ3n) is 1.34. The van der Waals surface area contributed by atoms with E-state index in [1.807, 2.05) is 0 Å². The number of rotatable bonds is 1. The Hall–Kier alpha value is -1.84. The Morgan fingerprint density at radius 2 is 1.92 bits per heavy atom. The first-order chi connectivity index (χ1) is 5.97. The summed E-state index contributed by atoms with van der Waals surface area (Å²) >= 11 is 0. The van der Waals surface area contributed by atoms with Crippen LogP contribution < -0.4 is 0 Å². The second-order valence-electron chi connectivity index (χ2n) is 2.13. The van der Waals surface area contributed by atoms with Crippen molar-refractivity contribution in [2.24, 2.45) is 0 Å². The van der Waals surface area contributed by atoms with Crippen molar-refractivity contribution in [2.75, 3.05) is 0 Å². The number of hydrogen-bond donors (Lipinski definition) is 0. The molecule has 2 aromatic heterocycles. The van der Waals surface area contributed by atoms with Gasteiger partial charge in [0.25, 0.3) is 0 Å². The van der Waals surface area contributed by atoms with Crippen molar-refractivity contribution in [3.63, 3.8) is 0 Å². The van der Waals surface area contributed by atoms with Crippen LogP contribution in [0.15, 0.2) is 30.7 Å². The van der Waals surface area contributed by atoms with Crippen LogP contribution in [0.25, 0.3) is 11.4 Å². The van der Waals surface area contributed by atoms with Gasteiger partial charge < -0.3 is 0 Å². The van der Waals surface area contributed by atoms with Gasteiger partial charge in [-0.3, -0.25) is 0 Å². The van der Waals surface area contributed by atoms with Crippen LogP contribution in [0.5, 0.6) is 0 Å². The molecule has 0 aromatic carbocycles. The summed E-state index contributed by atoms with van der Waals surface area (Å²) in [5.41, 5.74) is 0.755. The van der Waals surface area contributed by atoms with Crippen LogP contribution in [0.4, 0.5) is 0 Å². The van der Waals surface area contributed by atoms with Gasteiger partial charge in [-0.1, -0.05) is 0 Å². The highest BCUT2D eigenvalue weighted by molar-refractivity contribution is 5.50. The van der Waals surface area contributed by atoms with Crippen molar-refractivity contribution in [1.82, 2.24) is 20.2 Å². The lowest BCUT2D eigenvalue weighted by molar-refractivity contribution is 1.02. The minimum Gasteiger partial charge on any atom is -0.237 e. The lowest BCUT2D eigenvalue weighted by Crippen LogP contribution is -1.88. The Kier molecular flexibility index (Phi) is 1.74. The minimum absolute atomic E-state index is 0.618. The van der Waals surface area contributed by atoms with Gasteiger partial charge in [0.1, 0.15) is 6.20 Å². The Balaban J connectivity index is 2.46. The molecule has 2 heterocycles. The fraction of sp³-hybridized carbons (Fsp3) is 0. The van der Waals surface area contributed by atoms with E-state index in [1.165, 1.54) is 0 Å². The zero-order valence-corrected chi connectivity index (χ0v) is 6.18. The molecule has 0 unspecified atom stereocenters. The highest BCUT2D eigenvalue weighted by atomic mass is 15.1. The van der Waals surface area contributed by atoms with Gasteiger partial charge in [0.15, 0.2) is 5.82 Å². The topological polar surface area (TPSA) is 51.6 Å². The summed E-state index contributed by atoms with van der Waals surface area (Å²) in [6.45, 7) is 0. The zero-order chi connectivity index (χ0) is 8.23. The third-order valence-corrected chi connectivity index (χ3v) is 1.34. The van der Waals surface area contributed by atoms with Gasteiger partial charge in [-0.15, -0.1) is 5.10 Å². The fourth-order valence-corrected chi connectivity index (χ4v) is 0.824. The van der Waals surface area contributed by atoms with Crippen molar-refractivity contribution < 1.29 is 0 Å². The van der Waals surface area contributed by atoms with E-state index in [9.17, 15) is 0 Å². The van der Waals surface area contributed by atoms with Gasteiger partial charge in [-0.05, 0) is 12.1 Å². The number of nitrogens with zero attached hydrogens (tertiary/aromatic N) is 4. The quantitative estimate of drug-likeness (QED) is 0.612. The zero-order valence-electron chi connectivity index (χ0n) is 6.18. The van der Waals surface area contributed by atoms with Crippen molar-refractivity contribution in [3.05, 3.63) is 36.9 Å². The molecule has 0 bridgehead atoms. The Labute approximate surface area is 69.3 Å². The standard InChI is InChI=1S/C8H5N4/c1-3-9-8(10-4-1)7-2-5-11-12-6-7/h1-5H. The largest absolute Gasteiger partial charge is 0.237 e. The molecule has 0 saturated heterocycles. The molecule has 0 spiro atoms. The third kappa shape index (κ3) is 1.27. The lowest BCUT2D eigenvalue weighted by Gasteiger charge is -1.94. The van der Waals surface area contributed by atoms with Crippen LogP contribution in [-0.4, -0.2) is 20.2 Å². The van der Waals surface area contributed by atoms with Crippen molar-refractivity contribution >= 4 is 0 Å². The van der Waals surface area contributed by atoms with E-state index in [4.69, 9.17) is 0 Å². The molecule has 2 rings (SSSR count). The first-order valence-corrected chi connectivity index (χ1v) is 3.43. The number of hydrogen-bond acceptors (Lipinski definition) is 4. The van der Waals surface area contributed by atoms with Gasteiger partial charge in [0, 0.05) is 12.4 Å². The van der Waals surface area contributed by atoms with E-state index in [2.05, 4.69) is 26.4 Å². The van der Waals surface area contributed by atoms with Crippen molar-refractivity contribution in [2.45, 2.75) is 0 Å². The average Bonchev–Trinajstić information content (AvgIpc) is 2.21. The van der Waals surface area contributed by atoms with Crippen LogP contribution in [0.3, 0.4) is 0 Å². The molecule has 0 N–H and O–H groups in total. The molecule has 1 radical (unpaired) electrons. The molecule has 0 amide bonds. The first-order valence-electron chi connectivity index (χ1n) is 3.43. The SMILES string of the molecule is [c]1nnccc1-c1ncccn1.